The predicted octanol–water partition coefficient (Wildman–Crippen LogP) is 1.72. The zero-order valence-corrected chi connectivity index (χ0v) is 12.7. The molecule has 0 bridgehead atoms. The minimum absolute atomic E-state index is 0.0778. The van der Waals surface area contributed by atoms with Crippen LogP contribution in [0.4, 0.5) is 18.9 Å². The molecular formula is C14H17F3N2O4. The first-order valence-electron chi connectivity index (χ1n) is 6.54. The predicted molar refractivity (Wildman–Crippen MR) is 76.1 cm³/mol. The summed E-state index contributed by atoms with van der Waals surface area (Å²) in [5.74, 6) is -1.77. The molecule has 9 heteroatoms. The van der Waals surface area contributed by atoms with Crippen molar-refractivity contribution >= 4 is 17.6 Å². The molecule has 0 radical (unpaired) electrons. The molecule has 0 spiro atoms. The minimum atomic E-state index is -4.85. The van der Waals surface area contributed by atoms with Crippen LogP contribution in [0.5, 0.6) is 5.75 Å². The lowest BCUT2D eigenvalue weighted by Crippen LogP contribution is -2.52. The number of ether oxygens (including phenoxy) is 2. The van der Waals surface area contributed by atoms with Gasteiger partial charge in [0.05, 0.1) is 14.2 Å². The fourth-order valence-electron chi connectivity index (χ4n) is 1.68. The van der Waals surface area contributed by atoms with E-state index in [-0.39, 0.29) is 5.69 Å². The zero-order chi connectivity index (χ0) is 17.6. The lowest BCUT2D eigenvalue weighted by atomic mass is 10.2. The molecule has 2 N–H and O–H groups in total. The second-order valence-electron chi connectivity index (χ2n) is 4.60. The summed E-state index contributed by atoms with van der Waals surface area (Å²) in [5, 5.41) is 4.05. The van der Waals surface area contributed by atoms with Crippen molar-refractivity contribution in [3.05, 3.63) is 24.3 Å². The van der Waals surface area contributed by atoms with Gasteiger partial charge in [0.1, 0.15) is 11.8 Å². The number of rotatable bonds is 6. The Balaban J connectivity index is 2.87. The second kappa shape index (κ2) is 7.70. The van der Waals surface area contributed by atoms with Gasteiger partial charge in [0.2, 0.25) is 6.04 Å². The van der Waals surface area contributed by atoms with Gasteiger partial charge in [0.15, 0.2) is 0 Å². The van der Waals surface area contributed by atoms with E-state index in [4.69, 9.17) is 4.74 Å². The van der Waals surface area contributed by atoms with Crippen LogP contribution in [-0.2, 0) is 14.3 Å². The molecule has 0 saturated heterocycles. The molecule has 0 aliphatic rings. The van der Waals surface area contributed by atoms with Crippen LogP contribution in [0.3, 0.4) is 0 Å². The number of hydrogen-bond acceptors (Lipinski definition) is 5. The van der Waals surface area contributed by atoms with Gasteiger partial charge in [-0.3, -0.25) is 4.79 Å². The first kappa shape index (κ1) is 18.6. The largest absolute Gasteiger partial charge is 0.497 e. The number of anilines is 1. The summed E-state index contributed by atoms with van der Waals surface area (Å²) in [6.07, 6.45) is -4.85. The molecule has 1 rings (SSSR count). The SMILES string of the molecule is COC(=O)[C@H](C)NC(=O)[C@@H](Nc1ccc(OC)cc1)C(F)(F)F. The Morgan fingerprint density at radius 3 is 2.13 bits per heavy atom. The normalized spacial score (nSPS) is 13.7. The molecule has 23 heavy (non-hydrogen) atoms. The van der Waals surface area contributed by atoms with Crippen molar-refractivity contribution in [2.75, 3.05) is 19.5 Å². The maximum absolute atomic E-state index is 13.1. The highest BCUT2D eigenvalue weighted by molar-refractivity contribution is 5.89. The average Bonchev–Trinajstić information content (AvgIpc) is 2.50. The molecule has 2 atom stereocenters. The van der Waals surface area contributed by atoms with Crippen LogP contribution < -0.4 is 15.4 Å². The highest BCUT2D eigenvalue weighted by atomic mass is 19.4. The fourth-order valence-corrected chi connectivity index (χ4v) is 1.68. The van der Waals surface area contributed by atoms with Gasteiger partial charge in [-0.15, -0.1) is 0 Å². The monoisotopic (exact) mass is 334 g/mol. The summed E-state index contributed by atoms with van der Waals surface area (Å²) >= 11 is 0. The fraction of sp³-hybridized carbons (Fsp3) is 0.429. The quantitative estimate of drug-likeness (QED) is 0.775. The maximum Gasteiger partial charge on any atom is 0.417 e. The summed E-state index contributed by atoms with van der Waals surface area (Å²) in [4.78, 5) is 23.0. The van der Waals surface area contributed by atoms with E-state index in [0.29, 0.717) is 5.75 Å². The Hall–Kier alpha value is -2.45. The van der Waals surface area contributed by atoms with Gasteiger partial charge in [-0.1, -0.05) is 0 Å². The van der Waals surface area contributed by atoms with E-state index in [2.05, 4.69) is 10.1 Å². The van der Waals surface area contributed by atoms with E-state index in [1.807, 2.05) is 5.32 Å². The Labute approximate surface area is 130 Å². The van der Waals surface area contributed by atoms with Crippen LogP contribution in [0.15, 0.2) is 24.3 Å². The van der Waals surface area contributed by atoms with Gasteiger partial charge in [-0.2, -0.15) is 13.2 Å². The molecule has 1 amide bonds. The third-order valence-electron chi connectivity index (χ3n) is 2.90. The van der Waals surface area contributed by atoms with Crippen molar-refractivity contribution in [2.24, 2.45) is 0 Å². The van der Waals surface area contributed by atoms with E-state index in [1.165, 1.54) is 38.3 Å². The van der Waals surface area contributed by atoms with Gasteiger partial charge < -0.3 is 20.1 Å². The van der Waals surface area contributed by atoms with E-state index >= 15 is 0 Å². The molecule has 0 heterocycles. The van der Waals surface area contributed by atoms with Gasteiger partial charge in [0, 0.05) is 5.69 Å². The van der Waals surface area contributed by atoms with Crippen LogP contribution in [-0.4, -0.2) is 44.4 Å². The molecule has 6 nitrogen and oxygen atoms in total. The topological polar surface area (TPSA) is 76.7 Å². The van der Waals surface area contributed by atoms with E-state index in [1.54, 1.807) is 0 Å². The van der Waals surface area contributed by atoms with Crippen molar-refractivity contribution in [3.8, 4) is 5.75 Å². The molecular weight excluding hydrogens is 317 g/mol. The second-order valence-corrected chi connectivity index (χ2v) is 4.60. The first-order chi connectivity index (χ1) is 10.7. The number of carbonyl (C=O) groups excluding carboxylic acids is 2. The summed E-state index contributed by atoms with van der Waals surface area (Å²) in [6, 6.07) is 1.87. The summed E-state index contributed by atoms with van der Waals surface area (Å²) in [5.41, 5.74) is 0.0778. The molecule has 0 aromatic heterocycles. The number of methoxy groups -OCH3 is 2. The highest BCUT2D eigenvalue weighted by Gasteiger charge is 2.45. The van der Waals surface area contributed by atoms with Crippen molar-refractivity contribution < 1.29 is 32.2 Å². The molecule has 1 aromatic rings. The number of benzene rings is 1. The minimum Gasteiger partial charge on any atom is -0.497 e. The number of hydrogen-bond donors (Lipinski definition) is 2. The number of amides is 1. The average molecular weight is 334 g/mol. The number of esters is 1. The molecule has 1 aromatic carbocycles. The Morgan fingerprint density at radius 1 is 1.13 bits per heavy atom. The molecule has 0 fully saturated rings. The number of carbonyl (C=O) groups is 2. The summed E-state index contributed by atoms with van der Waals surface area (Å²) < 4.78 is 48.5. The van der Waals surface area contributed by atoms with Crippen LogP contribution in [0, 0.1) is 0 Å². The van der Waals surface area contributed by atoms with Gasteiger partial charge in [-0.05, 0) is 31.2 Å². The van der Waals surface area contributed by atoms with E-state index < -0.39 is 30.1 Å². The van der Waals surface area contributed by atoms with Crippen molar-refractivity contribution in [2.45, 2.75) is 25.2 Å². The first-order valence-corrected chi connectivity index (χ1v) is 6.54. The van der Waals surface area contributed by atoms with Crippen molar-refractivity contribution in [1.82, 2.24) is 5.32 Å². The highest BCUT2D eigenvalue weighted by Crippen LogP contribution is 2.25. The molecule has 0 aliphatic carbocycles. The van der Waals surface area contributed by atoms with Crippen LogP contribution in [0.25, 0.3) is 0 Å². The molecule has 128 valence electrons. The van der Waals surface area contributed by atoms with Gasteiger partial charge in [-0.25, -0.2) is 4.79 Å². The van der Waals surface area contributed by atoms with Crippen LogP contribution in [0.2, 0.25) is 0 Å². The summed E-state index contributed by atoms with van der Waals surface area (Å²) in [7, 11) is 2.49. The van der Waals surface area contributed by atoms with Gasteiger partial charge in [0.25, 0.3) is 5.91 Å². The number of nitrogens with one attached hydrogen (secondary N) is 2. The summed E-state index contributed by atoms with van der Waals surface area (Å²) in [6.45, 7) is 1.23. The third kappa shape index (κ3) is 5.35. The Kier molecular flexibility index (Phi) is 6.23. The van der Waals surface area contributed by atoms with Gasteiger partial charge >= 0.3 is 12.1 Å². The zero-order valence-electron chi connectivity index (χ0n) is 12.7. The van der Waals surface area contributed by atoms with E-state index in [9.17, 15) is 22.8 Å². The Morgan fingerprint density at radius 2 is 1.70 bits per heavy atom. The lowest BCUT2D eigenvalue weighted by molar-refractivity contribution is -0.161. The lowest BCUT2D eigenvalue weighted by Gasteiger charge is -2.23. The number of halogens is 3. The van der Waals surface area contributed by atoms with E-state index in [0.717, 1.165) is 7.11 Å². The third-order valence-corrected chi connectivity index (χ3v) is 2.90. The van der Waals surface area contributed by atoms with Crippen molar-refractivity contribution in [1.29, 1.82) is 0 Å². The van der Waals surface area contributed by atoms with Crippen LogP contribution in [0.1, 0.15) is 6.92 Å². The Bertz CT molecular complexity index is 546. The molecule has 0 aliphatic heterocycles. The maximum atomic E-state index is 13.1. The standard InChI is InChI=1S/C14H17F3N2O4/c1-8(13(21)23-3)18-12(20)11(14(15,16)17)19-9-4-6-10(22-2)7-5-9/h4-8,11,19H,1-3H3,(H,18,20)/t8-,11+/m0/s1. The van der Waals surface area contributed by atoms with Crippen molar-refractivity contribution in [3.63, 3.8) is 0 Å². The molecule has 0 unspecified atom stereocenters. The number of alkyl halides is 3. The molecule has 0 saturated carbocycles. The smallest absolute Gasteiger partial charge is 0.417 e. The van der Waals surface area contributed by atoms with Crippen LogP contribution >= 0.6 is 0 Å².